The maximum atomic E-state index is 9.40. The molecular weight excluding hydrogens is 252 g/mol. The summed E-state index contributed by atoms with van der Waals surface area (Å²) in [4.78, 5) is 0. The standard InChI is InChI=1S/C15H24N4O/c1-2-3-4-12-5-7-13(8-6-12)15-14(11-20)17-18-19(15)10-9-16/h12-13,20H,2-8,10-11H2,1H3. The monoisotopic (exact) mass is 276 g/mol. The molecule has 0 aliphatic heterocycles. The van der Waals surface area contributed by atoms with Gasteiger partial charge in [-0.3, -0.25) is 0 Å². The molecule has 2 rings (SSSR count). The molecule has 5 heteroatoms. The Kier molecular flexibility index (Phi) is 5.54. The number of aromatic nitrogens is 3. The van der Waals surface area contributed by atoms with Crippen LogP contribution in [0.1, 0.15) is 69.2 Å². The first-order chi connectivity index (χ1) is 9.80. The van der Waals surface area contributed by atoms with Crippen LogP contribution in [0.3, 0.4) is 0 Å². The van der Waals surface area contributed by atoms with Gasteiger partial charge in [0.2, 0.25) is 0 Å². The van der Waals surface area contributed by atoms with Crippen LogP contribution in [-0.4, -0.2) is 20.1 Å². The normalized spacial score (nSPS) is 22.6. The Hall–Kier alpha value is -1.41. The van der Waals surface area contributed by atoms with Gasteiger partial charge >= 0.3 is 0 Å². The number of hydrogen-bond acceptors (Lipinski definition) is 4. The average Bonchev–Trinajstić information content (AvgIpc) is 2.89. The lowest BCUT2D eigenvalue weighted by molar-refractivity contribution is 0.267. The van der Waals surface area contributed by atoms with Crippen LogP contribution >= 0.6 is 0 Å². The maximum Gasteiger partial charge on any atom is 0.130 e. The third kappa shape index (κ3) is 3.37. The van der Waals surface area contributed by atoms with Crippen LogP contribution < -0.4 is 0 Å². The molecule has 0 spiro atoms. The van der Waals surface area contributed by atoms with Gasteiger partial charge in [-0.1, -0.05) is 31.4 Å². The van der Waals surface area contributed by atoms with E-state index in [1.54, 1.807) is 4.68 Å². The molecule has 0 aromatic carbocycles. The highest BCUT2D eigenvalue weighted by atomic mass is 16.3. The smallest absolute Gasteiger partial charge is 0.130 e. The van der Waals surface area contributed by atoms with E-state index >= 15 is 0 Å². The molecule has 1 heterocycles. The van der Waals surface area contributed by atoms with Gasteiger partial charge in [-0.05, 0) is 31.6 Å². The summed E-state index contributed by atoms with van der Waals surface area (Å²) in [5, 5.41) is 26.3. The van der Waals surface area contributed by atoms with Crippen molar-refractivity contribution >= 4 is 0 Å². The number of rotatable bonds is 6. The summed E-state index contributed by atoms with van der Waals surface area (Å²) < 4.78 is 1.67. The average molecular weight is 276 g/mol. The fraction of sp³-hybridized carbons (Fsp3) is 0.800. The zero-order valence-corrected chi connectivity index (χ0v) is 12.3. The van der Waals surface area contributed by atoms with E-state index in [1.165, 1.54) is 32.1 Å². The minimum Gasteiger partial charge on any atom is -0.390 e. The minimum absolute atomic E-state index is 0.0868. The summed E-state index contributed by atoms with van der Waals surface area (Å²) in [5.74, 6) is 1.25. The van der Waals surface area contributed by atoms with Crippen LogP contribution in [0.2, 0.25) is 0 Å². The fourth-order valence-electron chi connectivity index (χ4n) is 3.32. The van der Waals surface area contributed by atoms with E-state index in [0.717, 1.165) is 24.5 Å². The van der Waals surface area contributed by atoms with Crippen molar-refractivity contribution in [3.63, 3.8) is 0 Å². The Labute approximate surface area is 120 Å². The molecule has 110 valence electrons. The Bertz CT molecular complexity index is 455. The van der Waals surface area contributed by atoms with Gasteiger partial charge in [0.1, 0.15) is 12.2 Å². The lowest BCUT2D eigenvalue weighted by Crippen LogP contribution is -2.18. The van der Waals surface area contributed by atoms with Crippen LogP contribution in [0.4, 0.5) is 0 Å². The minimum atomic E-state index is -0.0868. The van der Waals surface area contributed by atoms with E-state index < -0.39 is 0 Å². The molecule has 0 radical (unpaired) electrons. The SMILES string of the molecule is CCCCC1CCC(c2c(CO)nnn2CC#N)CC1. The molecule has 20 heavy (non-hydrogen) atoms. The lowest BCUT2D eigenvalue weighted by Gasteiger charge is -2.28. The van der Waals surface area contributed by atoms with Gasteiger partial charge in [0, 0.05) is 5.92 Å². The second-order valence-electron chi connectivity index (χ2n) is 5.76. The molecule has 0 atom stereocenters. The first-order valence-corrected chi connectivity index (χ1v) is 7.70. The number of nitrogens with zero attached hydrogens (tertiary/aromatic N) is 4. The van der Waals surface area contributed by atoms with Crippen molar-refractivity contribution in [1.29, 1.82) is 5.26 Å². The predicted octanol–water partition coefficient (Wildman–Crippen LogP) is 2.76. The number of nitriles is 1. The number of hydrogen-bond donors (Lipinski definition) is 1. The van der Waals surface area contributed by atoms with Crippen LogP contribution in [0, 0.1) is 17.2 Å². The van der Waals surface area contributed by atoms with Crippen molar-refractivity contribution in [2.45, 2.75) is 70.9 Å². The number of aliphatic hydroxyl groups is 1. The van der Waals surface area contributed by atoms with Crippen LogP contribution in [0.5, 0.6) is 0 Å². The molecule has 1 saturated carbocycles. The predicted molar refractivity (Wildman–Crippen MR) is 75.8 cm³/mol. The quantitative estimate of drug-likeness (QED) is 0.867. The highest BCUT2D eigenvalue weighted by Crippen LogP contribution is 2.38. The van der Waals surface area contributed by atoms with Crippen LogP contribution in [0.15, 0.2) is 0 Å². The van der Waals surface area contributed by atoms with E-state index in [-0.39, 0.29) is 13.2 Å². The molecule has 1 aliphatic carbocycles. The van der Waals surface area contributed by atoms with Gasteiger partial charge in [-0.2, -0.15) is 5.26 Å². The van der Waals surface area contributed by atoms with Gasteiger partial charge < -0.3 is 5.11 Å². The van der Waals surface area contributed by atoms with Crippen molar-refractivity contribution in [3.05, 3.63) is 11.4 Å². The van der Waals surface area contributed by atoms with Crippen LogP contribution in [-0.2, 0) is 13.2 Å². The first kappa shape index (κ1) is 15.0. The van der Waals surface area contributed by atoms with Gasteiger partial charge in [-0.15, -0.1) is 5.10 Å². The Balaban J connectivity index is 2.02. The largest absolute Gasteiger partial charge is 0.390 e. The summed E-state index contributed by atoms with van der Waals surface area (Å²) in [7, 11) is 0. The third-order valence-corrected chi connectivity index (χ3v) is 4.42. The maximum absolute atomic E-state index is 9.40. The van der Waals surface area contributed by atoms with Gasteiger partial charge in [-0.25, -0.2) is 4.68 Å². The van der Waals surface area contributed by atoms with Crippen molar-refractivity contribution in [2.75, 3.05) is 0 Å². The van der Waals surface area contributed by atoms with Crippen molar-refractivity contribution in [3.8, 4) is 6.07 Å². The van der Waals surface area contributed by atoms with E-state index in [0.29, 0.717) is 11.6 Å². The second-order valence-corrected chi connectivity index (χ2v) is 5.76. The van der Waals surface area contributed by atoms with Gasteiger partial charge in [0.25, 0.3) is 0 Å². The third-order valence-electron chi connectivity index (χ3n) is 4.42. The Morgan fingerprint density at radius 2 is 2.10 bits per heavy atom. The summed E-state index contributed by atoms with van der Waals surface area (Å²) >= 11 is 0. The second kappa shape index (κ2) is 7.39. The highest BCUT2D eigenvalue weighted by Gasteiger charge is 2.27. The Morgan fingerprint density at radius 3 is 2.70 bits per heavy atom. The molecule has 5 nitrogen and oxygen atoms in total. The van der Waals surface area contributed by atoms with E-state index in [1.807, 2.05) is 0 Å². The van der Waals surface area contributed by atoms with Gasteiger partial charge in [0.15, 0.2) is 0 Å². The number of unbranched alkanes of at least 4 members (excludes halogenated alkanes) is 1. The van der Waals surface area contributed by atoms with Crippen molar-refractivity contribution in [2.24, 2.45) is 5.92 Å². The molecule has 0 saturated heterocycles. The molecule has 1 aliphatic rings. The topological polar surface area (TPSA) is 74.7 Å². The lowest BCUT2D eigenvalue weighted by atomic mass is 9.78. The highest BCUT2D eigenvalue weighted by molar-refractivity contribution is 5.16. The Morgan fingerprint density at radius 1 is 1.35 bits per heavy atom. The molecule has 1 aromatic rings. The fourth-order valence-corrected chi connectivity index (χ4v) is 3.32. The molecular formula is C15H24N4O. The summed E-state index contributed by atoms with van der Waals surface area (Å²) in [5.41, 5.74) is 1.64. The first-order valence-electron chi connectivity index (χ1n) is 7.70. The molecule has 0 bridgehead atoms. The molecule has 0 amide bonds. The zero-order chi connectivity index (χ0) is 14.4. The summed E-state index contributed by atoms with van der Waals surface area (Å²) in [6.45, 7) is 2.37. The molecule has 0 unspecified atom stereocenters. The summed E-state index contributed by atoms with van der Waals surface area (Å²) in [6, 6.07) is 2.12. The van der Waals surface area contributed by atoms with E-state index in [2.05, 4.69) is 23.3 Å². The summed E-state index contributed by atoms with van der Waals surface area (Å²) in [6.07, 6.45) is 8.67. The van der Waals surface area contributed by atoms with E-state index in [4.69, 9.17) is 5.26 Å². The number of aliphatic hydroxyl groups excluding tert-OH is 1. The van der Waals surface area contributed by atoms with E-state index in [9.17, 15) is 5.11 Å². The zero-order valence-electron chi connectivity index (χ0n) is 12.3. The van der Waals surface area contributed by atoms with Gasteiger partial charge in [0.05, 0.1) is 18.4 Å². The van der Waals surface area contributed by atoms with Crippen LogP contribution in [0.25, 0.3) is 0 Å². The van der Waals surface area contributed by atoms with Crippen molar-refractivity contribution < 1.29 is 5.11 Å². The molecule has 1 aromatic heterocycles. The van der Waals surface area contributed by atoms with Crippen molar-refractivity contribution in [1.82, 2.24) is 15.0 Å². The molecule has 1 N–H and O–H groups in total. The molecule has 1 fully saturated rings.